The lowest BCUT2D eigenvalue weighted by atomic mass is 10.1. The molecule has 0 aliphatic carbocycles. The topological polar surface area (TPSA) is 64.1 Å². The number of amides is 1. The van der Waals surface area contributed by atoms with Gasteiger partial charge < -0.3 is 10.1 Å². The molecule has 0 spiro atoms. The first-order chi connectivity index (χ1) is 13.5. The minimum Gasteiger partial charge on any atom is -0.437 e. The van der Waals surface area contributed by atoms with Crippen molar-refractivity contribution >= 4 is 23.6 Å². The maximum atomic E-state index is 11.0. The van der Waals surface area contributed by atoms with Crippen LogP contribution < -0.4 is 10.1 Å². The number of rotatable bonds is 6. The molecule has 0 radical (unpaired) electrons. The summed E-state index contributed by atoms with van der Waals surface area (Å²) in [7, 11) is 0. The number of halogens is 1. The molecule has 1 N–H and O–H groups in total. The van der Waals surface area contributed by atoms with Crippen LogP contribution in [0, 0.1) is 0 Å². The third-order valence-corrected chi connectivity index (χ3v) is 4.17. The lowest BCUT2D eigenvalue weighted by Gasteiger charge is -2.09. The average Bonchev–Trinajstić information content (AvgIpc) is 2.69. The largest absolute Gasteiger partial charge is 0.437 e. The molecule has 142 valence electrons. The third kappa shape index (κ3) is 5.41. The maximum Gasteiger partial charge on any atom is 0.219 e. The monoisotopic (exact) mass is 393 g/mol. The van der Waals surface area contributed by atoms with E-state index in [0.717, 1.165) is 16.8 Å². The first-order valence-electron chi connectivity index (χ1n) is 8.81. The van der Waals surface area contributed by atoms with Gasteiger partial charge in [0.2, 0.25) is 11.8 Å². The second kappa shape index (κ2) is 9.15. The number of nitrogens with one attached hydrogen (secondary N) is 1. The van der Waals surface area contributed by atoms with Crippen LogP contribution in [0.2, 0.25) is 5.02 Å². The number of ether oxygens (including phenoxy) is 1. The second-order valence-electron chi connectivity index (χ2n) is 6.24. The molecule has 6 heteroatoms. The number of carbonyl (C=O) groups is 1. The Labute approximate surface area is 169 Å². The SMILES string of the molecule is CC(=O)N[C@@H](C)/C=C/c1ccc(Oc2ccc(-c3ccccn3)cc2Cl)nc1. The van der Waals surface area contributed by atoms with Crippen molar-refractivity contribution in [2.45, 2.75) is 19.9 Å². The molecule has 0 aliphatic heterocycles. The van der Waals surface area contributed by atoms with Gasteiger partial charge in [0.05, 0.1) is 10.7 Å². The molecular weight excluding hydrogens is 374 g/mol. The standard InChI is InChI=1S/C22H20ClN3O2/c1-15(26-16(2)27)6-7-17-8-11-22(25-14-17)28-21-10-9-18(13-19(21)23)20-5-3-4-12-24-20/h3-15H,1-2H3,(H,26,27)/b7-6+/t15-/m0/s1. The zero-order valence-electron chi connectivity index (χ0n) is 15.6. The van der Waals surface area contributed by atoms with Crippen LogP contribution in [0.25, 0.3) is 17.3 Å². The van der Waals surface area contributed by atoms with Crippen LogP contribution in [0.4, 0.5) is 0 Å². The van der Waals surface area contributed by atoms with E-state index in [1.165, 1.54) is 6.92 Å². The Morgan fingerprint density at radius 1 is 1.18 bits per heavy atom. The van der Waals surface area contributed by atoms with Gasteiger partial charge in [0.25, 0.3) is 0 Å². The van der Waals surface area contributed by atoms with Gasteiger partial charge in [-0.1, -0.05) is 29.8 Å². The van der Waals surface area contributed by atoms with Crippen LogP contribution in [-0.4, -0.2) is 21.9 Å². The molecule has 3 aromatic rings. The lowest BCUT2D eigenvalue weighted by molar-refractivity contribution is -0.119. The van der Waals surface area contributed by atoms with E-state index in [-0.39, 0.29) is 11.9 Å². The van der Waals surface area contributed by atoms with Crippen LogP contribution in [-0.2, 0) is 4.79 Å². The molecular formula is C22H20ClN3O2. The molecule has 1 amide bonds. The normalized spacial score (nSPS) is 12.0. The highest BCUT2D eigenvalue weighted by Crippen LogP contribution is 2.32. The predicted molar refractivity (Wildman–Crippen MR) is 111 cm³/mol. The van der Waals surface area contributed by atoms with E-state index >= 15 is 0 Å². The van der Waals surface area contributed by atoms with Gasteiger partial charge in [0, 0.05) is 37.0 Å². The van der Waals surface area contributed by atoms with Crippen molar-refractivity contribution in [3.63, 3.8) is 0 Å². The first kappa shape index (κ1) is 19.6. The van der Waals surface area contributed by atoms with E-state index in [9.17, 15) is 4.79 Å². The smallest absolute Gasteiger partial charge is 0.219 e. The van der Waals surface area contributed by atoms with Gasteiger partial charge in [0.15, 0.2) is 0 Å². The molecule has 0 saturated carbocycles. The van der Waals surface area contributed by atoms with Crippen molar-refractivity contribution < 1.29 is 9.53 Å². The van der Waals surface area contributed by atoms with Gasteiger partial charge in [-0.05, 0) is 48.9 Å². The Morgan fingerprint density at radius 3 is 2.68 bits per heavy atom. The number of pyridine rings is 2. The summed E-state index contributed by atoms with van der Waals surface area (Å²) in [5, 5.41) is 3.27. The summed E-state index contributed by atoms with van der Waals surface area (Å²) in [6.45, 7) is 3.39. The fraction of sp³-hybridized carbons (Fsp3) is 0.136. The van der Waals surface area contributed by atoms with Crippen molar-refractivity contribution in [1.82, 2.24) is 15.3 Å². The molecule has 0 saturated heterocycles. The van der Waals surface area contributed by atoms with E-state index in [2.05, 4.69) is 15.3 Å². The van der Waals surface area contributed by atoms with Gasteiger partial charge in [-0.3, -0.25) is 9.78 Å². The number of nitrogens with zero attached hydrogens (tertiary/aromatic N) is 2. The summed E-state index contributed by atoms with van der Waals surface area (Å²) in [5.74, 6) is 0.904. The van der Waals surface area contributed by atoms with Crippen LogP contribution in [0.3, 0.4) is 0 Å². The molecule has 5 nitrogen and oxygen atoms in total. The molecule has 2 aromatic heterocycles. The van der Waals surface area contributed by atoms with Crippen molar-refractivity contribution in [3.05, 3.63) is 77.6 Å². The lowest BCUT2D eigenvalue weighted by Crippen LogP contribution is -2.28. The molecule has 2 heterocycles. The predicted octanol–water partition coefficient (Wildman–Crippen LogP) is 5.13. The zero-order chi connectivity index (χ0) is 19.9. The number of carbonyl (C=O) groups excluding carboxylic acids is 1. The molecule has 0 bridgehead atoms. The van der Waals surface area contributed by atoms with Gasteiger partial charge in [-0.15, -0.1) is 0 Å². The van der Waals surface area contributed by atoms with Crippen molar-refractivity contribution in [2.24, 2.45) is 0 Å². The van der Waals surface area contributed by atoms with E-state index in [1.54, 1.807) is 24.5 Å². The maximum absolute atomic E-state index is 11.0. The van der Waals surface area contributed by atoms with E-state index in [1.807, 2.05) is 55.5 Å². The van der Waals surface area contributed by atoms with Crippen molar-refractivity contribution in [2.75, 3.05) is 0 Å². The average molecular weight is 394 g/mol. The Kier molecular flexibility index (Phi) is 6.40. The Morgan fingerprint density at radius 2 is 2.04 bits per heavy atom. The van der Waals surface area contributed by atoms with Crippen molar-refractivity contribution in [1.29, 1.82) is 0 Å². The number of aromatic nitrogens is 2. The van der Waals surface area contributed by atoms with Gasteiger partial charge >= 0.3 is 0 Å². The Bertz CT molecular complexity index is 973. The fourth-order valence-electron chi connectivity index (χ4n) is 2.56. The number of hydrogen-bond donors (Lipinski definition) is 1. The van der Waals surface area contributed by atoms with Crippen LogP contribution >= 0.6 is 11.6 Å². The summed E-state index contributed by atoms with van der Waals surface area (Å²) in [6, 6.07) is 14.9. The summed E-state index contributed by atoms with van der Waals surface area (Å²) in [6.07, 6.45) is 7.23. The summed E-state index contributed by atoms with van der Waals surface area (Å²) in [5.41, 5.74) is 2.67. The minimum absolute atomic E-state index is 0.0511. The van der Waals surface area contributed by atoms with E-state index < -0.39 is 0 Å². The van der Waals surface area contributed by atoms with Crippen LogP contribution in [0.5, 0.6) is 11.6 Å². The third-order valence-electron chi connectivity index (χ3n) is 3.87. The molecule has 0 unspecified atom stereocenters. The number of hydrogen-bond acceptors (Lipinski definition) is 4. The van der Waals surface area contributed by atoms with Crippen LogP contribution in [0.1, 0.15) is 19.4 Å². The molecule has 1 aromatic carbocycles. The number of benzene rings is 1. The minimum atomic E-state index is -0.0648. The molecule has 0 aliphatic rings. The highest BCUT2D eigenvalue weighted by Gasteiger charge is 2.07. The van der Waals surface area contributed by atoms with Crippen molar-refractivity contribution in [3.8, 4) is 22.9 Å². The zero-order valence-corrected chi connectivity index (χ0v) is 16.4. The van der Waals surface area contributed by atoms with E-state index in [0.29, 0.717) is 16.7 Å². The summed E-state index contributed by atoms with van der Waals surface area (Å²) >= 11 is 6.36. The Balaban J connectivity index is 1.67. The van der Waals surface area contributed by atoms with Gasteiger partial charge in [-0.2, -0.15) is 0 Å². The van der Waals surface area contributed by atoms with E-state index in [4.69, 9.17) is 16.3 Å². The van der Waals surface area contributed by atoms with Gasteiger partial charge in [0.1, 0.15) is 5.75 Å². The quantitative estimate of drug-likeness (QED) is 0.630. The first-order valence-corrected chi connectivity index (χ1v) is 9.19. The molecule has 3 rings (SSSR count). The fourth-order valence-corrected chi connectivity index (χ4v) is 2.78. The molecule has 0 fully saturated rings. The van der Waals surface area contributed by atoms with Gasteiger partial charge in [-0.25, -0.2) is 4.98 Å². The second-order valence-corrected chi connectivity index (χ2v) is 6.65. The van der Waals surface area contributed by atoms with Crippen LogP contribution in [0.15, 0.2) is 67.0 Å². The molecule has 1 atom stereocenters. The highest BCUT2D eigenvalue weighted by atomic mass is 35.5. The summed E-state index contributed by atoms with van der Waals surface area (Å²) < 4.78 is 5.79. The Hall–Kier alpha value is -3.18. The molecule has 28 heavy (non-hydrogen) atoms. The summed E-state index contributed by atoms with van der Waals surface area (Å²) in [4.78, 5) is 19.6. The highest BCUT2D eigenvalue weighted by molar-refractivity contribution is 6.32.